The average molecular weight is 610 g/mol. The number of aromatic nitrogens is 2. The van der Waals surface area contributed by atoms with Crippen molar-refractivity contribution in [1.29, 1.82) is 0 Å². The smallest absolute Gasteiger partial charge is 0.241 e. The summed E-state index contributed by atoms with van der Waals surface area (Å²) >= 11 is 0. The van der Waals surface area contributed by atoms with Crippen molar-refractivity contribution in [2.24, 2.45) is 0 Å². The van der Waals surface area contributed by atoms with E-state index in [4.69, 9.17) is 0 Å². The van der Waals surface area contributed by atoms with Gasteiger partial charge in [-0.1, -0.05) is 53.6 Å². The van der Waals surface area contributed by atoms with Crippen molar-refractivity contribution in [3.8, 4) is 0 Å². The Hall–Kier alpha value is -3.93. The van der Waals surface area contributed by atoms with Gasteiger partial charge >= 0.3 is 0 Å². The van der Waals surface area contributed by atoms with Crippen LogP contribution in [0.4, 0.5) is 8.78 Å². The average Bonchev–Trinajstić information content (AvgIpc) is 3.34. The minimum Gasteiger partial charge on any atom is -0.241 e. The van der Waals surface area contributed by atoms with Gasteiger partial charge < -0.3 is 0 Å². The van der Waals surface area contributed by atoms with E-state index < -0.39 is 37.9 Å². The molecule has 0 fully saturated rings. The van der Waals surface area contributed by atoms with Crippen molar-refractivity contribution >= 4 is 30.9 Å². The van der Waals surface area contributed by atoms with Gasteiger partial charge in [0.25, 0.3) is 10.0 Å². The molecule has 0 aliphatic rings. The maximum Gasteiger partial charge on any atom is 0.268 e. The normalized spacial score (nSPS) is 13.0. The van der Waals surface area contributed by atoms with Gasteiger partial charge in [0, 0.05) is 29.6 Å². The van der Waals surface area contributed by atoms with Crippen LogP contribution in [0.5, 0.6) is 0 Å². The highest BCUT2D eigenvalue weighted by Gasteiger charge is 2.27. The van der Waals surface area contributed by atoms with Crippen LogP contribution in [0.2, 0.25) is 0 Å². The van der Waals surface area contributed by atoms with Crippen LogP contribution in [-0.4, -0.2) is 32.3 Å². The van der Waals surface area contributed by atoms with Gasteiger partial charge in [-0.3, -0.25) is 0 Å². The molecule has 42 heavy (non-hydrogen) atoms. The number of nitrogens with one attached hydrogen (secondary N) is 1. The molecule has 0 spiro atoms. The number of hydrogen-bond acceptors (Lipinski definition) is 5. The summed E-state index contributed by atoms with van der Waals surface area (Å²) in [7, 11) is -7.79. The maximum absolute atomic E-state index is 15.1. The number of halogens is 2. The van der Waals surface area contributed by atoms with Gasteiger partial charge in [-0.2, -0.15) is 13.8 Å². The lowest BCUT2D eigenvalue weighted by molar-refractivity contribution is 0.491. The van der Waals surface area contributed by atoms with E-state index in [-0.39, 0.29) is 34.7 Å². The number of hydrogen-bond donors (Lipinski definition) is 1. The molecule has 0 saturated carbocycles. The molecule has 218 valence electrons. The summed E-state index contributed by atoms with van der Waals surface area (Å²) in [4.78, 5) is 3.58. The minimum absolute atomic E-state index is 0.0449. The third-order valence-corrected chi connectivity index (χ3v) is 10.3. The molecule has 11 heteroatoms. The number of aryl methyl sites for hydroxylation is 2. The molecule has 2 heterocycles. The van der Waals surface area contributed by atoms with Gasteiger partial charge in [-0.05, 0) is 74.7 Å². The fourth-order valence-electron chi connectivity index (χ4n) is 4.95. The lowest BCUT2D eigenvalue weighted by Gasteiger charge is -2.18. The summed E-state index contributed by atoms with van der Waals surface area (Å²) < 4.78 is 85.6. The molecule has 5 aromatic rings. The summed E-state index contributed by atoms with van der Waals surface area (Å²) in [6.45, 7) is 3.76. The summed E-state index contributed by atoms with van der Waals surface area (Å²) in [5.74, 6) is -2.75. The topological polar surface area (TPSA) is 98.1 Å². The fourth-order valence-corrected chi connectivity index (χ4v) is 7.40. The summed E-state index contributed by atoms with van der Waals surface area (Å²) in [6.07, 6.45) is 1.96. The second kappa shape index (κ2) is 11.7. The van der Waals surface area contributed by atoms with Gasteiger partial charge in [-0.25, -0.2) is 25.5 Å². The molecule has 7 nitrogen and oxygen atoms in total. The first-order chi connectivity index (χ1) is 20.0. The molecule has 0 amide bonds. The molecule has 1 N–H and O–H groups in total. The Morgan fingerprint density at radius 3 is 2.05 bits per heavy atom. The Morgan fingerprint density at radius 2 is 1.40 bits per heavy atom. The number of benzene rings is 3. The Kier molecular flexibility index (Phi) is 8.27. The van der Waals surface area contributed by atoms with Crippen LogP contribution >= 0.6 is 0 Å². The molecule has 0 aliphatic heterocycles. The van der Waals surface area contributed by atoms with Crippen molar-refractivity contribution < 1.29 is 25.6 Å². The number of rotatable bonds is 10. The van der Waals surface area contributed by atoms with Crippen molar-refractivity contribution in [3.05, 3.63) is 125 Å². The number of fused-ring (bicyclic) bond motifs is 1. The van der Waals surface area contributed by atoms with E-state index in [1.807, 2.05) is 13.8 Å². The molecule has 0 saturated heterocycles. The molecule has 1 unspecified atom stereocenters. The van der Waals surface area contributed by atoms with E-state index in [0.717, 1.165) is 17.2 Å². The zero-order valence-corrected chi connectivity index (χ0v) is 24.6. The molecule has 0 aliphatic carbocycles. The molecule has 0 radical (unpaired) electrons. The number of nitrogens with zero attached hydrogens (tertiary/aromatic N) is 2. The van der Waals surface area contributed by atoms with Gasteiger partial charge in [-0.15, -0.1) is 0 Å². The van der Waals surface area contributed by atoms with Gasteiger partial charge in [0.1, 0.15) is 0 Å². The summed E-state index contributed by atoms with van der Waals surface area (Å²) in [6, 6.07) is 22.1. The monoisotopic (exact) mass is 609 g/mol. The van der Waals surface area contributed by atoms with E-state index in [1.54, 1.807) is 48.5 Å². The van der Waals surface area contributed by atoms with Crippen LogP contribution in [0.25, 0.3) is 10.9 Å². The zero-order valence-electron chi connectivity index (χ0n) is 23.0. The lowest BCUT2D eigenvalue weighted by Crippen LogP contribution is -2.25. The first-order valence-electron chi connectivity index (χ1n) is 13.3. The maximum atomic E-state index is 15.1. The van der Waals surface area contributed by atoms with Crippen molar-refractivity contribution in [3.63, 3.8) is 0 Å². The first-order valence-corrected chi connectivity index (χ1v) is 16.2. The molecular weight excluding hydrogens is 580 g/mol. The summed E-state index contributed by atoms with van der Waals surface area (Å²) in [5, 5.41) is 0.571. The molecule has 3 aromatic carbocycles. The fraction of sp³-hybridized carbons (Fsp3) is 0.194. The predicted octanol–water partition coefficient (Wildman–Crippen LogP) is 6.06. The second-order valence-electron chi connectivity index (χ2n) is 10.1. The van der Waals surface area contributed by atoms with E-state index in [2.05, 4.69) is 9.71 Å². The minimum atomic E-state index is -4.02. The third-order valence-electron chi connectivity index (χ3n) is 7.17. The Morgan fingerprint density at radius 1 is 0.786 bits per heavy atom. The molecular formula is C31H29F2N3O4S2. The Labute approximate surface area is 244 Å². The molecule has 0 bridgehead atoms. The third kappa shape index (κ3) is 5.99. The highest BCUT2D eigenvalue weighted by atomic mass is 32.2. The molecule has 1 atom stereocenters. The quantitative estimate of drug-likeness (QED) is 0.153. The largest absolute Gasteiger partial charge is 0.268 e. The van der Waals surface area contributed by atoms with Crippen LogP contribution in [-0.2, 0) is 20.0 Å². The van der Waals surface area contributed by atoms with Crippen molar-refractivity contribution in [2.75, 3.05) is 6.54 Å². The lowest BCUT2D eigenvalue weighted by atomic mass is 9.88. The SMILES string of the molecule is Cc1ccc(S(=O)(=O)NCCCC(c2ccc(F)nc2F)c2cn(S(=O)(=O)c3ccc(C)cc3)c3ccccc23)cc1. The highest BCUT2D eigenvalue weighted by molar-refractivity contribution is 7.90. The van der Waals surface area contributed by atoms with Crippen LogP contribution in [0.3, 0.4) is 0 Å². The van der Waals surface area contributed by atoms with Crippen molar-refractivity contribution in [2.45, 2.75) is 42.4 Å². The predicted molar refractivity (Wildman–Crippen MR) is 157 cm³/mol. The van der Waals surface area contributed by atoms with Crippen LogP contribution in [0, 0.1) is 25.7 Å². The Bertz CT molecular complexity index is 1960. The van der Waals surface area contributed by atoms with E-state index in [9.17, 15) is 21.2 Å². The first kappa shape index (κ1) is 29.6. The number of para-hydroxylation sites is 1. The van der Waals surface area contributed by atoms with E-state index in [1.165, 1.54) is 40.5 Å². The van der Waals surface area contributed by atoms with Gasteiger partial charge in [0.2, 0.25) is 21.9 Å². The standard InChI is InChI=1S/C31H29F2N3O4S2/c1-21-9-13-23(14-10-21)41(37,38)34-19-5-7-25(27-17-18-30(32)35-31(27)33)28-20-36(29-8-4-3-6-26(28)29)42(39,40)24-15-11-22(2)12-16-24/h3-4,6,8-18,20,25,34H,5,7,19H2,1-2H3. The zero-order chi connectivity index (χ0) is 30.1. The van der Waals surface area contributed by atoms with Gasteiger partial charge in [0.15, 0.2) is 0 Å². The number of sulfonamides is 1. The van der Waals surface area contributed by atoms with Crippen LogP contribution in [0.15, 0.2) is 101 Å². The molecule has 5 rings (SSSR count). The van der Waals surface area contributed by atoms with E-state index >= 15 is 4.39 Å². The van der Waals surface area contributed by atoms with Crippen LogP contribution < -0.4 is 4.72 Å². The highest BCUT2D eigenvalue weighted by Crippen LogP contribution is 2.37. The summed E-state index contributed by atoms with van der Waals surface area (Å²) in [5.41, 5.74) is 2.80. The number of pyridine rings is 1. The molecule has 2 aromatic heterocycles. The van der Waals surface area contributed by atoms with E-state index in [0.29, 0.717) is 16.5 Å². The van der Waals surface area contributed by atoms with Gasteiger partial charge in [0.05, 0.1) is 15.3 Å². The van der Waals surface area contributed by atoms with Crippen molar-refractivity contribution in [1.82, 2.24) is 13.7 Å². The van der Waals surface area contributed by atoms with Crippen LogP contribution in [0.1, 0.15) is 41.0 Å². The second-order valence-corrected chi connectivity index (χ2v) is 13.7. The Balaban J connectivity index is 1.51.